The predicted octanol–water partition coefficient (Wildman–Crippen LogP) is 3.80. The van der Waals surface area contributed by atoms with Crippen LogP contribution in [-0.2, 0) is 10.0 Å². The molecule has 0 aliphatic heterocycles. The van der Waals surface area contributed by atoms with Crippen LogP contribution in [0.4, 0.5) is 9.52 Å². The first-order valence-corrected chi connectivity index (χ1v) is 8.96. The Labute approximate surface area is 141 Å². The molecule has 3 rings (SSSR count). The summed E-state index contributed by atoms with van der Waals surface area (Å²) in [5.41, 5.74) is 0.777. The van der Waals surface area contributed by atoms with Crippen LogP contribution in [-0.4, -0.2) is 17.8 Å². The zero-order valence-electron chi connectivity index (χ0n) is 11.4. The first-order valence-electron chi connectivity index (χ1n) is 6.33. The van der Waals surface area contributed by atoms with E-state index in [1.54, 1.807) is 0 Å². The van der Waals surface area contributed by atoms with E-state index in [0.717, 1.165) is 35.3 Å². The van der Waals surface area contributed by atoms with Crippen LogP contribution in [0.1, 0.15) is 0 Å². The molecule has 23 heavy (non-hydrogen) atoms. The third-order valence-corrected chi connectivity index (χ3v) is 5.27. The van der Waals surface area contributed by atoms with Crippen LogP contribution in [0, 0.1) is 5.82 Å². The fourth-order valence-corrected chi connectivity index (χ4v) is 3.87. The van der Waals surface area contributed by atoms with Crippen LogP contribution >= 0.6 is 23.1 Å². The summed E-state index contributed by atoms with van der Waals surface area (Å²) in [5, 5.41) is -0.153. The van der Waals surface area contributed by atoms with Crippen molar-refractivity contribution in [1.29, 1.82) is 0 Å². The van der Waals surface area contributed by atoms with Gasteiger partial charge in [-0.2, -0.15) is 9.36 Å². The summed E-state index contributed by atoms with van der Waals surface area (Å²) in [7, 11) is -3.91. The van der Waals surface area contributed by atoms with Gasteiger partial charge in [-0.15, -0.1) is 0 Å². The Balaban J connectivity index is 1.86. The van der Waals surface area contributed by atoms with E-state index >= 15 is 0 Å². The highest BCUT2D eigenvalue weighted by atomic mass is 35.5. The SMILES string of the molecule is O=S(=O)(Nc1nc(-c2ccccc2)ns1)c1ccc(F)c(Cl)c1. The van der Waals surface area contributed by atoms with Gasteiger partial charge in [-0.1, -0.05) is 41.9 Å². The number of halogens is 2. The van der Waals surface area contributed by atoms with Crippen molar-refractivity contribution in [2.45, 2.75) is 4.90 Å². The highest BCUT2D eigenvalue weighted by Gasteiger charge is 2.18. The minimum absolute atomic E-state index is 0.115. The van der Waals surface area contributed by atoms with Gasteiger partial charge in [0.15, 0.2) is 5.82 Å². The van der Waals surface area contributed by atoms with E-state index < -0.39 is 15.8 Å². The molecule has 0 saturated carbocycles. The third-order valence-electron chi connectivity index (χ3n) is 2.88. The molecule has 9 heteroatoms. The Kier molecular flexibility index (Phi) is 4.29. The largest absolute Gasteiger partial charge is 0.263 e. The maximum atomic E-state index is 13.1. The normalized spacial score (nSPS) is 11.4. The summed E-state index contributed by atoms with van der Waals surface area (Å²) < 4.78 is 44.1. The second-order valence-electron chi connectivity index (χ2n) is 4.47. The minimum atomic E-state index is -3.91. The molecule has 1 N–H and O–H groups in total. The molecule has 0 saturated heterocycles. The topological polar surface area (TPSA) is 72.0 Å². The number of aromatic nitrogens is 2. The Hall–Kier alpha value is -2.03. The smallest absolute Gasteiger partial charge is 0.253 e. The van der Waals surface area contributed by atoms with Crippen LogP contribution in [0.25, 0.3) is 11.4 Å². The number of nitrogens with zero attached hydrogens (tertiary/aromatic N) is 2. The molecular formula is C14H9ClFN3O2S2. The zero-order valence-corrected chi connectivity index (χ0v) is 13.8. The van der Waals surface area contributed by atoms with Crippen molar-refractivity contribution in [1.82, 2.24) is 9.36 Å². The van der Waals surface area contributed by atoms with Crippen molar-refractivity contribution in [3.8, 4) is 11.4 Å². The van der Waals surface area contributed by atoms with Crippen LogP contribution in [0.5, 0.6) is 0 Å². The number of sulfonamides is 1. The van der Waals surface area contributed by atoms with E-state index in [1.165, 1.54) is 0 Å². The fraction of sp³-hybridized carbons (Fsp3) is 0. The number of anilines is 1. The number of hydrogen-bond donors (Lipinski definition) is 1. The van der Waals surface area contributed by atoms with Crippen LogP contribution < -0.4 is 4.72 Å². The monoisotopic (exact) mass is 369 g/mol. The van der Waals surface area contributed by atoms with Gasteiger partial charge in [-0.05, 0) is 18.2 Å². The number of benzene rings is 2. The third kappa shape index (κ3) is 3.49. The van der Waals surface area contributed by atoms with E-state index in [-0.39, 0.29) is 15.0 Å². The molecule has 0 spiro atoms. The van der Waals surface area contributed by atoms with E-state index in [9.17, 15) is 12.8 Å². The lowest BCUT2D eigenvalue weighted by Gasteiger charge is -2.05. The van der Waals surface area contributed by atoms with Gasteiger partial charge in [0.1, 0.15) is 5.82 Å². The lowest BCUT2D eigenvalue weighted by molar-refractivity contribution is 0.599. The molecule has 1 heterocycles. The molecule has 0 aliphatic rings. The summed E-state index contributed by atoms with van der Waals surface area (Å²) in [6.45, 7) is 0. The Morgan fingerprint density at radius 3 is 2.57 bits per heavy atom. The van der Waals surface area contributed by atoms with Crippen LogP contribution in [0.3, 0.4) is 0 Å². The first-order chi connectivity index (χ1) is 11.0. The number of hydrogen-bond acceptors (Lipinski definition) is 5. The molecule has 0 radical (unpaired) electrons. The average Bonchev–Trinajstić information content (AvgIpc) is 2.98. The van der Waals surface area contributed by atoms with Crippen LogP contribution in [0.2, 0.25) is 5.02 Å². The quantitative estimate of drug-likeness (QED) is 0.759. The lowest BCUT2D eigenvalue weighted by atomic mass is 10.2. The van der Waals surface area contributed by atoms with Gasteiger partial charge in [0.05, 0.1) is 9.92 Å². The van der Waals surface area contributed by atoms with Gasteiger partial charge in [-0.3, -0.25) is 4.72 Å². The molecule has 0 aliphatic carbocycles. The summed E-state index contributed by atoms with van der Waals surface area (Å²) in [5.74, 6) is -0.265. The second kappa shape index (κ2) is 6.23. The molecule has 3 aromatic rings. The standard InChI is InChI=1S/C14H9ClFN3O2S2/c15-11-8-10(6-7-12(11)16)23(20,21)19-14-17-13(18-22-14)9-4-2-1-3-5-9/h1-8H,(H,17,18,19). The minimum Gasteiger partial charge on any atom is -0.253 e. The Morgan fingerprint density at radius 2 is 1.87 bits per heavy atom. The number of rotatable bonds is 4. The van der Waals surface area contributed by atoms with Crippen molar-refractivity contribution in [2.24, 2.45) is 0 Å². The van der Waals surface area contributed by atoms with Crippen molar-refractivity contribution >= 4 is 38.3 Å². The van der Waals surface area contributed by atoms with Gasteiger partial charge >= 0.3 is 0 Å². The molecule has 0 bridgehead atoms. The van der Waals surface area contributed by atoms with Crippen molar-refractivity contribution in [3.05, 3.63) is 59.4 Å². The van der Waals surface area contributed by atoms with Gasteiger partial charge in [0.2, 0.25) is 5.13 Å². The average molecular weight is 370 g/mol. The summed E-state index contributed by atoms with van der Waals surface area (Å²) >= 11 is 6.53. The molecule has 1 aromatic heterocycles. The van der Waals surface area contributed by atoms with Gasteiger partial charge < -0.3 is 0 Å². The molecule has 5 nitrogen and oxygen atoms in total. The van der Waals surface area contributed by atoms with E-state index in [0.29, 0.717) is 5.82 Å². The molecule has 2 aromatic carbocycles. The summed E-state index contributed by atoms with van der Waals surface area (Å²) in [6.07, 6.45) is 0. The Bertz CT molecular complexity index is 946. The molecule has 0 atom stereocenters. The molecular weight excluding hydrogens is 361 g/mol. The predicted molar refractivity (Wildman–Crippen MR) is 87.6 cm³/mol. The van der Waals surface area contributed by atoms with Crippen molar-refractivity contribution < 1.29 is 12.8 Å². The second-order valence-corrected chi connectivity index (χ2v) is 7.31. The van der Waals surface area contributed by atoms with E-state index in [2.05, 4.69) is 14.1 Å². The van der Waals surface area contributed by atoms with Crippen molar-refractivity contribution in [2.75, 3.05) is 4.72 Å². The van der Waals surface area contributed by atoms with Gasteiger partial charge in [0.25, 0.3) is 10.0 Å². The summed E-state index contributed by atoms with van der Waals surface area (Å²) in [4.78, 5) is 3.99. The molecule has 0 fully saturated rings. The van der Waals surface area contributed by atoms with Crippen LogP contribution in [0.15, 0.2) is 53.4 Å². The van der Waals surface area contributed by atoms with Gasteiger partial charge in [0, 0.05) is 17.1 Å². The van der Waals surface area contributed by atoms with E-state index in [1.807, 2.05) is 30.3 Å². The highest BCUT2D eigenvalue weighted by Crippen LogP contribution is 2.25. The first kappa shape index (κ1) is 15.9. The lowest BCUT2D eigenvalue weighted by Crippen LogP contribution is -2.12. The maximum absolute atomic E-state index is 13.1. The number of nitrogens with one attached hydrogen (secondary N) is 1. The zero-order chi connectivity index (χ0) is 16.4. The fourth-order valence-electron chi connectivity index (χ4n) is 1.79. The van der Waals surface area contributed by atoms with E-state index in [4.69, 9.17) is 11.6 Å². The molecule has 0 unspecified atom stereocenters. The summed E-state index contributed by atoms with van der Waals surface area (Å²) in [6, 6.07) is 12.3. The van der Waals surface area contributed by atoms with Gasteiger partial charge in [-0.25, -0.2) is 12.8 Å². The molecule has 0 amide bonds. The Morgan fingerprint density at radius 1 is 1.13 bits per heavy atom. The maximum Gasteiger partial charge on any atom is 0.263 e. The molecule has 118 valence electrons. The van der Waals surface area contributed by atoms with Crippen molar-refractivity contribution in [3.63, 3.8) is 0 Å². The highest BCUT2D eigenvalue weighted by molar-refractivity contribution is 7.93.